The maximum atomic E-state index is 11.7. The third-order valence-corrected chi connectivity index (χ3v) is 5.95. The number of halogens is 2. The molecule has 0 bridgehead atoms. The monoisotopic (exact) mass is 508 g/mol. The zero-order chi connectivity index (χ0) is 23.4. The summed E-state index contributed by atoms with van der Waals surface area (Å²) >= 11 is 12.8. The minimum Gasteiger partial charge on any atom is -0.378 e. The highest BCUT2D eigenvalue weighted by Gasteiger charge is 2.15. The summed E-state index contributed by atoms with van der Waals surface area (Å²) < 4.78 is 31.2. The van der Waals surface area contributed by atoms with Gasteiger partial charge in [0.25, 0.3) is 0 Å². The van der Waals surface area contributed by atoms with Crippen LogP contribution in [0.3, 0.4) is 0 Å². The van der Waals surface area contributed by atoms with E-state index in [1.54, 1.807) is 24.3 Å². The molecule has 0 aliphatic carbocycles. The molecule has 0 spiro atoms. The van der Waals surface area contributed by atoms with E-state index in [1.165, 1.54) is 6.20 Å². The maximum Gasteiger partial charge on any atom is 0.229 e. The molecule has 33 heavy (non-hydrogen) atoms. The number of hydrogen-bond donors (Lipinski definition) is 3. The first kappa shape index (κ1) is 23.4. The van der Waals surface area contributed by atoms with Crippen LogP contribution in [0.4, 0.5) is 34.5 Å². The zero-order valence-electron chi connectivity index (χ0n) is 17.7. The number of sulfonamides is 1. The Balaban J connectivity index is 1.53. The molecule has 174 valence electrons. The van der Waals surface area contributed by atoms with E-state index in [0.717, 1.165) is 25.0 Å². The summed E-state index contributed by atoms with van der Waals surface area (Å²) in [6.07, 6.45) is 2.54. The Morgan fingerprint density at radius 1 is 1.00 bits per heavy atom. The lowest BCUT2D eigenvalue weighted by molar-refractivity contribution is 0.122. The van der Waals surface area contributed by atoms with Crippen LogP contribution in [-0.2, 0) is 14.8 Å². The molecule has 1 saturated heterocycles. The quantitative estimate of drug-likeness (QED) is 0.428. The third-order valence-electron chi connectivity index (χ3n) is 4.78. The number of rotatable bonds is 7. The molecular weight excluding hydrogens is 487 g/mol. The Morgan fingerprint density at radius 3 is 2.42 bits per heavy atom. The number of morpholine rings is 1. The summed E-state index contributed by atoms with van der Waals surface area (Å²) in [5.74, 6) is 0.610. The molecule has 1 aromatic heterocycles. The lowest BCUT2D eigenvalue weighted by Crippen LogP contribution is -2.36. The summed E-state index contributed by atoms with van der Waals surface area (Å²) in [5, 5.41) is 7.06. The van der Waals surface area contributed by atoms with Crippen LogP contribution >= 0.6 is 23.2 Å². The van der Waals surface area contributed by atoms with Crippen molar-refractivity contribution in [2.75, 3.05) is 52.8 Å². The molecule has 0 unspecified atom stereocenters. The van der Waals surface area contributed by atoms with Crippen LogP contribution in [0, 0.1) is 0 Å². The second kappa shape index (κ2) is 10.0. The predicted molar refractivity (Wildman–Crippen MR) is 133 cm³/mol. The number of aromatic nitrogens is 2. The normalized spacial score (nSPS) is 14.1. The fourth-order valence-corrected chi connectivity index (χ4v) is 4.31. The summed E-state index contributed by atoms with van der Waals surface area (Å²) in [6.45, 7) is 2.93. The van der Waals surface area contributed by atoms with Crippen molar-refractivity contribution in [3.05, 3.63) is 58.7 Å². The Bertz CT molecular complexity index is 1250. The molecular formula is C21H22Cl2N6O3S. The van der Waals surface area contributed by atoms with Gasteiger partial charge in [-0.15, -0.1) is 0 Å². The topological polar surface area (TPSA) is 108 Å². The van der Waals surface area contributed by atoms with Crippen molar-refractivity contribution in [3.63, 3.8) is 0 Å². The van der Waals surface area contributed by atoms with Gasteiger partial charge in [0, 0.05) is 18.8 Å². The first-order valence-corrected chi connectivity index (χ1v) is 12.7. The minimum absolute atomic E-state index is 0.274. The number of para-hydroxylation sites is 2. The van der Waals surface area contributed by atoms with E-state index < -0.39 is 10.0 Å². The van der Waals surface area contributed by atoms with E-state index in [9.17, 15) is 8.42 Å². The Labute approximate surface area is 202 Å². The van der Waals surface area contributed by atoms with E-state index in [1.807, 2.05) is 18.2 Å². The summed E-state index contributed by atoms with van der Waals surface area (Å²) in [5.41, 5.74) is 2.52. The van der Waals surface area contributed by atoms with Crippen LogP contribution in [0.25, 0.3) is 0 Å². The molecule has 0 amide bonds. The summed E-state index contributed by atoms with van der Waals surface area (Å²) in [7, 11) is -3.46. The van der Waals surface area contributed by atoms with Gasteiger partial charge in [0.2, 0.25) is 16.0 Å². The Kier molecular flexibility index (Phi) is 7.08. The number of nitrogens with one attached hydrogen (secondary N) is 3. The molecule has 0 atom stereocenters. The van der Waals surface area contributed by atoms with Gasteiger partial charge in [-0.25, -0.2) is 13.4 Å². The van der Waals surface area contributed by atoms with Gasteiger partial charge in [-0.3, -0.25) is 4.72 Å². The first-order chi connectivity index (χ1) is 15.8. The van der Waals surface area contributed by atoms with E-state index in [-0.39, 0.29) is 5.02 Å². The summed E-state index contributed by atoms with van der Waals surface area (Å²) in [6, 6.07) is 12.5. The van der Waals surface area contributed by atoms with Crippen LogP contribution in [0.15, 0.2) is 48.7 Å². The standard InChI is InChI=1S/C21H22Cl2N6O3S/c1-33(30,31)28-18-5-3-2-4-17(18)26-20-16(23)13-24-21(27-20)25-14-6-7-19(15(22)12-14)29-8-10-32-11-9-29/h2-7,12-13,28H,8-11H2,1H3,(H2,24,25,26,27). The Hall–Kier alpha value is -2.79. The van der Waals surface area contributed by atoms with Crippen LogP contribution < -0.4 is 20.3 Å². The van der Waals surface area contributed by atoms with E-state index in [2.05, 4.69) is 30.2 Å². The molecule has 0 saturated carbocycles. The predicted octanol–water partition coefficient (Wildman–Crippen LogP) is 4.48. The van der Waals surface area contributed by atoms with Gasteiger partial charge in [-0.2, -0.15) is 4.98 Å². The van der Waals surface area contributed by atoms with Crippen molar-refractivity contribution in [3.8, 4) is 0 Å². The number of ether oxygens (including phenoxy) is 1. The molecule has 2 aromatic carbocycles. The van der Waals surface area contributed by atoms with Gasteiger partial charge < -0.3 is 20.3 Å². The van der Waals surface area contributed by atoms with Crippen molar-refractivity contribution >= 4 is 67.7 Å². The molecule has 0 radical (unpaired) electrons. The lowest BCUT2D eigenvalue weighted by Gasteiger charge is -2.29. The smallest absolute Gasteiger partial charge is 0.229 e. The highest BCUT2D eigenvalue weighted by Crippen LogP contribution is 2.32. The van der Waals surface area contributed by atoms with Gasteiger partial charge in [-0.1, -0.05) is 35.3 Å². The van der Waals surface area contributed by atoms with Gasteiger partial charge in [0.15, 0.2) is 5.82 Å². The molecule has 1 fully saturated rings. The SMILES string of the molecule is CS(=O)(=O)Nc1ccccc1Nc1nc(Nc2ccc(N3CCOCC3)c(Cl)c2)ncc1Cl. The van der Waals surface area contributed by atoms with Crippen molar-refractivity contribution in [2.45, 2.75) is 0 Å². The van der Waals surface area contributed by atoms with Crippen LogP contribution in [0.5, 0.6) is 0 Å². The first-order valence-electron chi connectivity index (χ1n) is 10.0. The second-order valence-electron chi connectivity index (χ2n) is 7.33. The molecule has 4 rings (SSSR count). The molecule has 12 heteroatoms. The highest BCUT2D eigenvalue weighted by molar-refractivity contribution is 7.92. The lowest BCUT2D eigenvalue weighted by atomic mass is 10.2. The van der Waals surface area contributed by atoms with Crippen LogP contribution in [0.1, 0.15) is 0 Å². The number of benzene rings is 2. The molecule has 1 aliphatic rings. The minimum atomic E-state index is -3.46. The molecule has 3 N–H and O–H groups in total. The number of hydrogen-bond acceptors (Lipinski definition) is 8. The fraction of sp³-hybridized carbons (Fsp3) is 0.238. The average Bonchev–Trinajstić information content (AvgIpc) is 2.77. The fourth-order valence-electron chi connectivity index (χ4n) is 3.30. The molecule has 3 aromatic rings. The van der Waals surface area contributed by atoms with Gasteiger partial charge in [0.05, 0.1) is 47.8 Å². The van der Waals surface area contributed by atoms with Gasteiger partial charge in [-0.05, 0) is 30.3 Å². The molecule has 9 nitrogen and oxygen atoms in total. The number of anilines is 6. The van der Waals surface area contributed by atoms with Gasteiger partial charge >= 0.3 is 0 Å². The van der Waals surface area contributed by atoms with Crippen LogP contribution in [0.2, 0.25) is 10.0 Å². The maximum absolute atomic E-state index is 11.7. The largest absolute Gasteiger partial charge is 0.378 e. The molecule has 2 heterocycles. The van der Waals surface area contributed by atoms with Crippen molar-refractivity contribution in [2.24, 2.45) is 0 Å². The van der Waals surface area contributed by atoms with E-state index >= 15 is 0 Å². The van der Waals surface area contributed by atoms with E-state index in [4.69, 9.17) is 27.9 Å². The van der Waals surface area contributed by atoms with E-state index in [0.29, 0.717) is 47.1 Å². The number of nitrogens with zero attached hydrogens (tertiary/aromatic N) is 3. The summed E-state index contributed by atoms with van der Waals surface area (Å²) in [4.78, 5) is 10.8. The van der Waals surface area contributed by atoms with Crippen molar-refractivity contribution in [1.82, 2.24) is 9.97 Å². The Morgan fingerprint density at radius 2 is 1.73 bits per heavy atom. The van der Waals surface area contributed by atoms with Crippen LogP contribution in [-0.4, -0.2) is 50.9 Å². The van der Waals surface area contributed by atoms with Crippen molar-refractivity contribution in [1.29, 1.82) is 0 Å². The average molecular weight is 509 g/mol. The second-order valence-corrected chi connectivity index (χ2v) is 9.89. The van der Waals surface area contributed by atoms with Crippen molar-refractivity contribution < 1.29 is 13.2 Å². The van der Waals surface area contributed by atoms with Gasteiger partial charge in [0.1, 0.15) is 5.02 Å². The highest BCUT2D eigenvalue weighted by atomic mass is 35.5. The molecule has 1 aliphatic heterocycles. The third kappa shape index (κ3) is 6.17. The zero-order valence-corrected chi connectivity index (χ0v) is 20.0.